The summed E-state index contributed by atoms with van der Waals surface area (Å²) in [6.45, 7) is 3.95. The van der Waals surface area contributed by atoms with Crippen LogP contribution in [-0.2, 0) is 14.3 Å². The molecule has 2 N–H and O–H groups in total. The van der Waals surface area contributed by atoms with Gasteiger partial charge in [0.1, 0.15) is 16.4 Å². The Labute approximate surface area is 193 Å². The number of rotatable bonds is 15. The van der Waals surface area contributed by atoms with Gasteiger partial charge in [0.2, 0.25) is 0 Å². The average Bonchev–Trinajstić information content (AvgIpc) is 2.61. The summed E-state index contributed by atoms with van der Waals surface area (Å²) in [7, 11) is -4.09. The second-order valence-corrected chi connectivity index (χ2v) is 8.88. The maximum atomic E-state index is 12.2. The van der Waals surface area contributed by atoms with Crippen LogP contribution in [0.4, 0.5) is 0 Å². The van der Waals surface area contributed by atoms with Gasteiger partial charge in [-0.1, -0.05) is 77.6 Å². The molecule has 1 radical (unpaired) electrons. The minimum Gasteiger partial charge on any atom is -0.508 e. The third-order valence-electron chi connectivity index (χ3n) is 4.72. The van der Waals surface area contributed by atoms with E-state index in [4.69, 9.17) is 4.18 Å². The normalized spacial score (nSPS) is 12.5. The van der Waals surface area contributed by atoms with Crippen LogP contribution in [0.1, 0.15) is 90.9 Å². The van der Waals surface area contributed by atoms with E-state index in [2.05, 4.69) is 6.92 Å². The number of hydrogen-bond acceptors (Lipinski definition) is 5. The first-order chi connectivity index (χ1) is 12.9. The molecule has 1 atom stereocenters. The SMILES string of the molecule is CCCCCCCCCCCCCC(C)OS(=O)(=O)c1cc(O)ccc1O.[Na]. The minimum atomic E-state index is -4.09. The van der Waals surface area contributed by atoms with E-state index in [1.54, 1.807) is 6.92 Å². The molecule has 0 spiro atoms. The second-order valence-electron chi connectivity index (χ2n) is 7.34. The van der Waals surface area contributed by atoms with Crippen LogP contribution in [0.25, 0.3) is 0 Å². The zero-order valence-corrected chi connectivity index (χ0v) is 20.6. The number of phenols is 2. The van der Waals surface area contributed by atoms with Crippen molar-refractivity contribution in [2.45, 2.75) is 102 Å². The van der Waals surface area contributed by atoms with Crippen LogP contribution in [0, 0.1) is 0 Å². The van der Waals surface area contributed by atoms with Crippen molar-refractivity contribution < 1.29 is 22.8 Å². The van der Waals surface area contributed by atoms with E-state index in [9.17, 15) is 18.6 Å². The van der Waals surface area contributed by atoms with E-state index < -0.39 is 26.9 Å². The number of aromatic hydroxyl groups is 2. The van der Waals surface area contributed by atoms with Gasteiger partial charge < -0.3 is 10.2 Å². The van der Waals surface area contributed by atoms with Crippen molar-refractivity contribution in [3.63, 3.8) is 0 Å². The molecule has 0 aliphatic carbocycles. The van der Waals surface area contributed by atoms with Gasteiger partial charge in [-0.25, -0.2) is 0 Å². The van der Waals surface area contributed by atoms with Gasteiger partial charge in [-0.15, -0.1) is 0 Å². The molecule has 0 aliphatic rings. The third kappa shape index (κ3) is 11.7. The molecule has 0 fully saturated rings. The molecule has 7 heteroatoms. The van der Waals surface area contributed by atoms with Gasteiger partial charge in [-0.3, -0.25) is 4.18 Å². The van der Waals surface area contributed by atoms with Gasteiger partial charge in [0.25, 0.3) is 0 Å². The first-order valence-corrected chi connectivity index (χ1v) is 11.7. The Bertz CT molecular complexity index is 634. The topological polar surface area (TPSA) is 83.8 Å². The van der Waals surface area contributed by atoms with Crippen molar-refractivity contribution in [1.82, 2.24) is 0 Å². The van der Waals surface area contributed by atoms with Crippen LogP contribution in [0.15, 0.2) is 23.1 Å². The molecule has 0 saturated carbocycles. The molecule has 1 aromatic carbocycles. The van der Waals surface area contributed by atoms with E-state index in [1.165, 1.54) is 63.9 Å². The van der Waals surface area contributed by atoms with Crippen molar-refractivity contribution >= 4 is 39.7 Å². The number of benzene rings is 1. The molecule has 0 aromatic heterocycles. The molecular formula is C21H36NaO5S. The van der Waals surface area contributed by atoms with Crippen LogP contribution < -0.4 is 0 Å². The molecule has 1 rings (SSSR count). The summed E-state index contributed by atoms with van der Waals surface area (Å²) in [4.78, 5) is -0.395. The minimum absolute atomic E-state index is 0. The van der Waals surface area contributed by atoms with Crippen LogP contribution in [0.2, 0.25) is 0 Å². The fourth-order valence-electron chi connectivity index (χ4n) is 3.12. The monoisotopic (exact) mass is 423 g/mol. The fourth-order valence-corrected chi connectivity index (χ4v) is 4.34. The predicted molar refractivity (Wildman–Crippen MR) is 114 cm³/mol. The summed E-state index contributed by atoms with van der Waals surface area (Å²) in [5, 5.41) is 19.1. The molecule has 0 saturated heterocycles. The first-order valence-electron chi connectivity index (χ1n) is 10.3. The molecule has 28 heavy (non-hydrogen) atoms. The molecular weight excluding hydrogens is 387 g/mol. The van der Waals surface area contributed by atoms with Crippen LogP contribution in [0.5, 0.6) is 11.5 Å². The Morgan fingerprint density at radius 1 is 0.893 bits per heavy atom. The van der Waals surface area contributed by atoms with Crippen molar-refractivity contribution in [3.05, 3.63) is 18.2 Å². The predicted octanol–water partition coefficient (Wildman–Crippen LogP) is 5.51. The molecule has 1 aromatic rings. The van der Waals surface area contributed by atoms with E-state index in [0.29, 0.717) is 6.42 Å². The van der Waals surface area contributed by atoms with E-state index in [1.807, 2.05) is 0 Å². The van der Waals surface area contributed by atoms with Crippen molar-refractivity contribution in [2.24, 2.45) is 0 Å². The number of phenolic OH excluding ortho intramolecular Hbond substituents is 2. The third-order valence-corrected chi connectivity index (χ3v) is 6.17. The Hall–Kier alpha value is -0.270. The standard InChI is InChI=1S/C21H36O5S.Na/c1-3-4-5-6-7-8-9-10-11-12-13-14-18(2)26-27(24,25)21-17-19(22)15-16-20(21)23;/h15-18,22-23H,3-14H2,1-2H3;. The van der Waals surface area contributed by atoms with Crippen LogP contribution in [0.3, 0.4) is 0 Å². The quantitative estimate of drug-likeness (QED) is 0.168. The Morgan fingerprint density at radius 3 is 1.93 bits per heavy atom. The second kappa shape index (κ2) is 15.6. The smallest absolute Gasteiger partial charge is 0.301 e. The molecule has 0 aliphatic heterocycles. The zero-order valence-electron chi connectivity index (χ0n) is 17.8. The van der Waals surface area contributed by atoms with Gasteiger partial charge in [-0.05, 0) is 25.5 Å². The van der Waals surface area contributed by atoms with Gasteiger partial charge in [0.05, 0.1) is 6.10 Å². The summed E-state index contributed by atoms with van der Waals surface area (Å²) in [5.74, 6) is -0.650. The summed E-state index contributed by atoms with van der Waals surface area (Å²) in [6, 6.07) is 3.36. The average molecular weight is 424 g/mol. The molecule has 0 heterocycles. The Morgan fingerprint density at radius 2 is 1.39 bits per heavy atom. The molecule has 1 unspecified atom stereocenters. The van der Waals surface area contributed by atoms with E-state index in [-0.39, 0.29) is 35.3 Å². The first kappa shape index (κ1) is 27.7. The molecule has 0 amide bonds. The largest absolute Gasteiger partial charge is 0.508 e. The Kier molecular flexibility index (Phi) is 15.4. The molecule has 157 valence electrons. The van der Waals surface area contributed by atoms with Gasteiger partial charge in [-0.2, -0.15) is 8.42 Å². The summed E-state index contributed by atoms with van der Waals surface area (Å²) < 4.78 is 29.6. The number of unbranched alkanes of at least 4 members (excludes halogenated alkanes) is 10. The van der Waals surface area contributed by atoms with Crippen LogP contribution >= 0.6 is 0 Å². The van der Waals surface area contributed by atoms with Crippen molar-refractivity contribution in [3.8, 4) is 11.5 Å². The van der Waals surface area contributed by atoms with E-state index in [0.717, 1.165) is 25.0 Å². The summed E-state index contributed by atoms with van der Waals surface area (Å²) >= 11 is 0. The van der Waals surface area contributed by atoms with Gasteiger partial charge >= 0.3 is 10.1 Å². The maximum Gasteiger partial charge on any atom is 0.301 e. The Balaban J connectivity index is 0.00000729. The van der Waals surface area contributed by atoms with Crippen molar-refractivity contribution in [2.75, 3.05) is 0 Å². The van der Waals surface area contributed by atoms with E-state index >= 15 is 0 Å². The van der Waals surface area contributed by atoms with Gasteiger partial charge in [0.15, 0.2) is 0 Å². The van der Waals surface area contributed by atoms with Crippen molar-refractivity contribution in [1.29, 1.82) is 0 Å². The zero-order chi connectivity index (χ0) is 20.1. The maximum absolute atomic E-state index is 12.2. The molecule has 5 nitrogen and oxygen atoms in total. The van der Waals surface area contributed by atoms with Crippen LogP contribution in [-0.4, -0.2) is 54.3 Å². The molecule has 0 bridgehead atoms. The summed E-state index contributed by atoms with van der Waals surface area (Å²) in [6.07, 6.45) is 13.9. The van der Waals surface area contributed by atoms with Gasteiger partial charge in [0, 0.05) is 35.6 Å². The fraction of sp³-hybridized carbons (Fsp3) is 0.714. The number of hydrogen-bond donors (Lipinski definition) is 2. The summed E-state index contributed by atoms with van der Waals surface area (Å²) in [5.41, 5.74) is 0.